The van der Waals surface area contributed by atoms with Crippen molar-refractivity contribution < 1.29 is 9.47 Å². The molecule has 0 aliphatic heterocycles. The lowest BCUT2D eigenvalue weighted by molar-refractivity contribution is 0.310. The number of nitriles is 1. The summed E-state index contributed by atoms with van der Waals surface area (Å²) in [4.78, 5) is 0. The molecule has 1 N–H and O–H groups in total. The monoisotopic (exact) mass is 316 g/mol. The smallest absolute Gasteiger partial charge is 0.161 e. The Morgan fingerprint density at radius 1 is 1.18 bits per heavy atom. The lowest BCUT2D eigenvalue weighted by Gasteiger charge is -2.12. The number of halogens is 1. The number of nitrogens with one attached hydrogen (secondary N) is 1. The van der Waals surface area contributed by atoms with Crippen LogP contribution in [0.25, 0.3) is 0 Å². The van der Waals surface area contributed by atoms with Crippen LogP contribution in [0.1, 0.15) is 18.1 Å². The van der Waals surface area contributed by atoms with E-state index in [0.717, 1.165) is 17.0 Å². The number of hydrogen-bond donors (Lipinski definition) is 1. The quantitative estimate of drug-likeness (QED) is 0.866. The number of ether oxygens (including phenoxy) is 2. The molecule has 2 rings (SSSR count). The van der Waals surface area contributed by atoms with E-state index in [-0.39, 0.29) is 0 Å². The van der Waals surface area contributed by atoms with Crippen LogP contribution in [0.3, 0.4) is 0 Å². The third-order valence-corrected chi connectivity index (χ3v) is 3.43. The number of hydrogen-bond acceptors (Lipinski definition) is 4. The van der Waals surface area contributed by atoms with E-state index in [1.165, 1.54) is 0 Å². The predicted molar refractivity (Wildman–Crippen MR) is 87.7 cm³/mol. The minimum absolute atomic E-state index is 0.441. The van der Waals surface area contributed by atoms with Crippen molar-refractivity contribution in [3.8, 4) is 17.6 Å². The van der Waals surface area contributed by atoms with Crippen molar-refractivity contribution in [2.45, 2.75) is 13.5 Å². The molecule has 0 spiro atoms. The van der Waals surface area contributed by atoms with E-state index in [2.05, 4.69) is 5.32 Å². The third kappa shape index (κ3) is 3.84. The molecule has 0 saturated carbocycles. The maximum Gasteiger partial charge on any atom is 0.161 e. The lowest BCUT2D eigenvalue weighted by atomic mass is 10.2. The second-order valence-electron chi connectivity index (χ2n) is 4.58. The first-order valence-corrected chi connectivity index (χ1v) is 7.29. The van der Waals surface area contributed by atoms with E-state index in [1.807, 2.05) is 37.3 Å². The van der Waals surface area contributed by atoms with E-state index >= 15 is 0 Å². The van der Waals surface area contributed by atoms with Crippen molar-refractivity contribution >= 4 is 17.3 Å². The second kappa shape index (κ2) is 7.58. The molecule has 0 aliphatic carbocycles. The molecule has 0 radical (unpaired) electrons. The summed E-state index contributed by atoms with van der Waals surface area (Å²) in [5, 5.41) is 12.6. The van der Waals surface area contributed by atoms with Crippen molar-refractivity contribution in [3.05, 3.63) is 52.5 Å². The summed E-state index contributed by atoms with van der Waals surface area (Å²) in [5.41, 5.74) is 2.38. The van der Waals surface area contributed by atoms with Crippen LogP contribution in [0.4, 0.5) is 5.69 Å². The van der Waals surface area contributed by atoms with Gasteiger partial charge in [-0.15, -0.1) is 0 Å². The molecule has 0 amide bonds. The van der Waals surface area contributed by atoms with Gasteiger partial charge < -0.3 is 14.8 Å². The van der Waals surface area contributed by atoms with E-state index in [9.17, 15) is 0 Å². The Morgan fingerprint density at radius 3 is 2.64 bits per heavy atom. The molecule has 22 heavy (non-hydrogen) atoms. The van der Waals surface area contributed by atoms with Crippen LogP contribution >= 0.6 is 11.6 Å². The summed E-state index contributed by atoms with van der Waals surface area (Å²) >= 11 is 6.02. The number of anilines is 1. The predicted octanol–water partition coefficient (Wildman–Crippen LogP) is 4.23. The molecule has 2 aromatic carbocycles. The zero-order valence-electron chi connectivity index (χ0n) is 12.5. The summed E-state index contributed by atoms with van der Waals surface area (Å²) in [5.74, 6) is 1.44. The van der Waals surface area contributed by atoms with Gasteiger partial charge in [0, 0.05) is 12.2 Å². The van der Waals surface area contributed by atoms with Crippen molar-refractivity contribution in [3.63, 3.8) is 0 Å². The first-order chi connectivity index (χ1) is 10.7. The van der Waals surface area contributed by atoms with Gasteiger partial charge in [-0.25, -0.2) is 0 Å². The van der Waals surface area contributed by atoms with Gasteiger partial charge in [0.2, 0.25) is 0 Å². The molecule has 0 saturated heterocycles. The highest BCUT2D eigenvalue weighted by Gasteiger charge is 2.06. The van der Waals surface area contributed by atoms with Crippen molar-refractivity contribution in [2.24, 2.45) is 0 Å². The normalized spacial score (nSPS) is 9.91. The van der Waals surface area contributed by atoms with Crippen molar-refractivity contribution in [1.29, 1.82) is 5.26 Å². The second-order valence-corrected chi connectivity index (χ2v) is 4.99. The van der Waals surface area contributed by atoms with Crippen LogP contribution in [0.2, 0.25) is 5.02 Å². The fraction of sp³-hybridized carbons (Fsp3) is 0.235. The average molecular weight is 317 g/mol. The SMILES string of the molecule is CCOc1ccc(CNc2ccc(C#N)c(Cl)c2)cc1OC. The van der Waals surface area contributed by atoms with Crippen molar-refractivity contribution in [1.82, 2.24) is 0 Å². The van der Waals surface area contributed by atoms with E-state index in [1.54, 1.807) is 19.2 Å². The van der Waals surface area contributed by atoms with Crippen LogP contribution in [-0.4, -0.2) is 13.7 Å². The Bertz CT molecular complexity index is 696. The van der Waals surface area contributed by atoms with Gasteiger partial charge in [0.05, 0.1) is 24.3 Å². The van der Waals surface area contributed by atoms with Crippen LogP contribution in [0.5, 0.6) is 11.5 Å². The summed E-state index contributed by atoms with van der Waals surface area (Å²) in [6.45, 7) is 3.15. The highest BCUT2D eigenvalue weighted by Crippen LogP contribution is 2.28. The van der Waals surface area contributed by atoms with Gasteiger partial charge in [0.1, 0.15) is 6.07 Å². The highest BCUT2D eigenvalue weighted by atomic mass is 35.5. The first-order valence-electron chi connectivity index (χ1n) is 6.91. The van der Waals surface area contributed by atoms with E-state index in [4.69, 9.17) is 26.3 Å². The summed E-state index contributed by atoms with van der Waals surface area (Å²) < 4.78 is 10.8. The molecular weight excluding hydrogens is 300 g/mol. The number of benzene rings is 2. The molecule has 0 heterocycles. The first kappa shape index (κ1) is 16.0. The topological polar surface area (TPSA) is 54.3 Å². The molecular formula is C17H17ClN2O2. The Balaban J connectivity index is 2.08. The molecule has 0 unspecified atom stereocenters. The minimum Gasteiger partial charge on any atom is -0.493 e. The molecule has 0 aromatic heterocycles. The van der Waals surface area contributed by atoms with Crippen LogP contribution in [-0.2, 0) is 6.54 Å². The Hall–Kier alpha value is -2.38. The molecule has 0 aliphatic rings. The standard InChI is InChI=1S/C17H17ClN2O2/c1-3-22-16-7-4-12(8-17(16)21-2)11-20-14-6-5-13(10-19)15(18)9-14/h4-9,20H,3,11H2,1-2H3. The zero-order valence-corrected chi connectivity index (χ0v) is 13.3. The number of methoxy groups -OCH3 is 1. The Kier molecular flexibility index (Phi) is 5.51. The molecule has 4 nitrogen and oxygen atoms in total. The summed E-state index contributed by atoms with van der Waals surface area (Å²) in [6.07, 6.45) is 0. The van der Waals surface area contributed by atoms with Gasteiger partial charge in [-0.1, -0.05) is 17.7 Å². The van der Waals surface area contributed by atoms with Gasteiger partial charge in [0.15, 0.2) is 11.5 Å². The molecule has 0 fully saturated rings. The third-order valence-electron chi connectivity index (χ3n) is 3.11. The van der Waals surface area contributed by atoms with Crippen molar-refractivity contribution in [2.75, 3.05) is 19.0 Å². The van der Waals surface area contributed by atoms with Gasteiger partial charge in [-0.2, -0.15) is 5.26 Å². The molecule has 5 heteroatoms. The maximum absolute atomic E-state index is 8.86. The fourth-order valence-corrected chi connectivity index (χ4v) is 2.24. The van der Waals surface area contributed by atoms with E-state index in [0.29, 0.717) is 29.5 Å². The van der Waals surface area contributed by atoms with Gasteiger partial charge in [0.25, 0.3) is 0 Å². The van der Waals surface area contributed by atoms with Crippen LogP contribution in [0.15, 0.2) is 36.4 Å². The van der Waals surface area contributed by atoms with Gasteiger partial charge in [-0.3, -0.25) is 0 Å². The minimum atomic E-state index is 0.441. The highest BCUT2D eigenvalue weighted by molar-refractivity contribution is 6.32. The van der Waals surface area contributed by atoms with E-state index < -0.39 is 0 Å². The van der Waals surface area contributed by atoms with Gasteiger partial charge >= 0.3 is 0 Å². The van der Waals surface area contributed by atoms with Gasteiger partial charge in [-0.05, 0) is 42.8 Å². The summed E-state index contributed by atoms with van der Waals surface area (Å²) in [6, 6.07) is 13.1. The largest absolute Gasteiger partial charge is 0.493 e. The number of rotatable bonds is 6. The lowest BCUT2D eigenvalue weighted by Crippen LogP contribution is -2.01. The average Bonchev–Trinajstić information content (AvgIpc) is 2.54. The molecule has 0 atom stereocenters. The molecule has 2 aromatic rings. The molecule has 114 valence electrons. The Morgan fingerprint density at radius 2 is 2.00 bits per heavy atom. The van der Waals surface area contributed by atoms with Crippen LogP contribution in [0, 0.1) is 11.3 Å². The maximum atomic E-state index is 8.86. The van der Waals surface area contributed by atoms with Crippen LogP contribution < -0.4 is 14.8 Å². The molecule has 0 bridgehead atoms. The summed E-state index contributed by atoms with van der Waals surface area (Å²) in [7, 11) is 1.62. The fourth-order valence-electron chi connectivity index (χ4n) is 2.02. The zero-order chi connectivity index (χ0) is 15.9. The number of nitrogens with zero attached hydrogens (tertiary/aromatic N) is 1. The Labute approximate surface area is 135 Å².